The highest BCUT2D eigenvalue weighted by Gasteiger charge is 2.14. The third-order valence-electron chi connectivity index (χ3n) is 3.74. The van der Waals surface area contributed by atoms with Crippen molar-refractivity contribution in [1.82, 2.24) is 5.32 Å². The number of rotatable bonds is 8. The first kappa shape index (κ1) is 19.9. The SMILES string of the molecule is CCC[C@@H](NC(=O)COC(=O)/C=C/c1ccc(Br)cc1)c1ccccc1. The van der Waals surface area contributed by atoms with Gasteiger partial charge in [0.2, 0.25) is 0 Å². The number of carbonyl (C=O) groups excluding carboxylic acids is 2. The molecule has 0 radical (unpaired) electrons. The zero-order valence-corrected chi connectivity index (χ0v) is 16.2. The number of carbonyl (C=O) groups is 2. The molecule has 0 saturated carbocycles. The van der Waals surface area contributed by atoms with Crippen LogP contribution in [0.1, 0.15) is 36.9 Å². The molecule has 0 spiro atoms. The van der Waals surface area contributed by atoms with Gasteiger partial charge < -0.3 is 10.1 Å². The van der Waals surface area contributed by atoms with Crippen LogP contribution < -0.4 is 5.32 Å². The van der Waals surface area contributed by atoms with Gasteiger partial charge in [0.25, 0.3) is 5.91 Å². The second-order valence-corrected chi connectivity index (χ2v) is 6.73. The summed E-state index contributed by atoms with van der Waals surface area (Å²) in [5, 5.41) is 2.92. The molecule has 2 rings (SSSR count). The van der Waals surface area contributed by atoms with Crippen LogP contribution in [0, 0.1) is 0 Å². The molecule has 0 fully saturated rings. The van der Waals surface area contributed by atoms with E-state index in [4.69, 9.17) is 4.74 Å². The fourth-order valence-corrected chi connectivity index (χ4v) is 2.72. The van der Waals surface area contributed by atoms with Gasteiger partial charge in [0.05, 0.1) is 6.04 Å². The first-order valence-corrected chi connectivity index (χ1v) is 9.32. The van der Waals surface area contributed by atoms with Crippen molar-refractivity contribution in [2.24, 2.45) is 0 Å². The lowest BCUT2D eigenvalue weighted by atomic mass is 10.0. The van der Waals surface area contributed by atoms with Crippen LogP contribution in [-0.4, -0.2) is 18.5 Å². The molecule has 2 aromatic carbocycles. The van der Waals surface area contributed by atoms with E-state index in [0.717, 1.165) is 28.4 Å². The number of hydrogen-bond acceptors (Lipinski definition) is 3. The van der Waals surface area contributed by atoms with Crippen molar-refractivity contribution in [1.29, 1.82) is 0 Å². The lowest BCUT2D eigenvalue weighted by Gasteiger charge is -2.18. The van der Waals surface area contributed by atoms with Gasteiger partial charge in [-0.25, -0.2) is 4.79 Å². The Morgan fingerprint density at radius 3 is 2.46 bits per heavy atom. The highest BCUT2D eigenvalue weighted by atomic mass is 79.9. The molecule has 2 aromatic rings. The van der Waals surface area contributed by atoms with Crippen LogP contribution >= 0.6 is 15.9 Å². The molecule has 136 valence electrons. The number of esters is 1. The Hall–Kier alpha value is -2.40. The molecule has 0 heterocycles. The van der Waals surface area contributed by atoms with E-state index in [1.165, 1.54) is 6.08 Å². The van der Waals surface area contributed by atoms with Crippen LogP contribution in [0.2, 0.25) is 0 Å². The van der Waals surface area contributed by atoms with Crippen molar-refractivity contribution in [3.05, 3.63) is 76.3 Å². The maximum atomic E-state index is 12.1. The molecule has 0 aliphatic heterocycles. The molecule has 0 aliphatic carbocycles. The molecule has 1 atom stereocenters. The summed E-state index contributed by atoms with van der Waals surface area (Å²) in [7, 11) is 0. The summed E-state index contributed by atoms with van der Waals surface area (Å²) in [6.45, 7) is 1.77. The maximum absolute atomic E-state index is 12.1. The van der Waals surface area contributed by atoms with E-state index in [2.05, 4.69) is 28.2 Å². The number of halogens is 1. The topological polar surface area (TPSA) is 55.4 Å². The number of nitrogens with one attached hydrogen (secondary N) is 1. The van der Waals surface area contributed by atoms with Gasteiger partial charge in [-0.15, -0.1) is 0 Å². The number of benzene rings is 2. The fourth-order valence-electron chi connectivity index (χ4n) is 2.46. The van der Waals surface area contributed by atoms with Crippen LogP contribution in [0.25, 0.3) is 6.08 Å². The van der Waals surface area contributed by atoms with E-state index in [9.17, 15) is 9.59 Å². The van der Waals surface area contributed by atoms with Crippen molar-refractivity contribution < 1.29 is 14.3 Å². The van der Waals surface area contributed by atoms with Gasteiger partial charge in [-0.1, -0.05) is 71.7 Å². The van der Waals surface area contributed by atoms with Gasteiger partial charge in [-0.2, -0.15) is 0 Å². The summed E-state index contributed by atoms with van der Waals surface area (Å²) in [6, 6.07) is 17.2. The quantitative estimate of drug-likeness (QED) is 0.503. The van der Waals surface area contributed by atoms with Crippen molar-refractivity contribution in [2.45, 2.75) is 25.8 Å². The van der Waals surface area contributed by atoms with Crippen LogP contribution in [0.5, 0.6) is 0 Å². The molecule has 0 saturated heterocycles. The van der Waals surface area contributed by atoms with Gasteiger partial charge in [-0.3, -0.25) is 4.79 Å². The van der Waals surface area contributed by atoms with E-state index in [0.29, 0.717) is 0 Å². The Bertz CT molecular complexity index is 742. The summed E-state index contributed by atoms with van der Waals surface area (Å²) >= 11 is 3.35. The highest BCUT2D eigenvalue weighted by Crippen LogP contribution is 2.17. The van der Waals surface area contributed by atoms with E-state index in [1.54, 1.807) is 6.08 Å². The minimum Gasteiger partial charge on any atom is -0.452 e. The zero-order valence-electron chi connectivity index (χ0n) is 14.7. The van der Waals surface area contributed by atoms with Gasteiger partial charge in [0.15, 0.2) is 6.61 Å². The summed E-state index contributed by atoms with van der Waals surface area (Å²) in [5.74, 6) is -0.854. The number of ether oxygens (including phenoxy) is 1. The van der Waals surface area contributed by atoms with Crippen LogP contribution in [0.15, 0.2) is 65.1 Å². The molecule has 1 amide bonds. The maximum Gasteiger partial charge on any atom is 0.331 e. The second kappa shape index (κ2) is 10.6. The molecule has 26 heavy (non-hydrogen) atoms. The standard InChI is InChI=1S/C21H22BrNO3/c1-2-6-19(17-7-4-3-5-8-17)23-20(24)15-26-21(25)14-11-16-9-12-18(22)13-10-16/h3-5,7-14,19H,2,6,15H2,1H3,(H,23,24)/b14-11+/t19-/m1/s1. The molecule has 5 heteroatoms. The second-order valence-electron chi connectivity index (χ2n) is 5.81. The Balaban J connectivity index is 1.83. The predicted molar refractivity (Wildman–Crippen MR) is 106 cm³/mol. The molecule has 0 bridgehead atoms. The van der Waals surface area contributed by atoms with E-state index < -0.39 is 5.97 Å². The summed E-state index contributed by atoms with van der Waals surface area (Å²) in [4.78, 5) is 23.9. The van der Waals surface area contributed by atoms with Crippen molar-refractivity contribution in [3.63, 3.8) is 0 Å². The predicted octanol–water partition coefficient (Wildman–Crippen LogP) is 4.66. The molecule has 0 unspecified atom stereocenters. The van der Waals surface area contributed by atoms with Gasteiger partial charge in [0, 0.05) is 10.5 Å². The Labute approximate surface area is 162 Å². The van der Waals surface area contributed by atoms with Gasteiger partial charge in [-0.05, 0) is 35.8 Å². The minimum absolute atomic E-state index is 0.0780. The molecular weight excluding hydrogens is 394 g/mol. The summed E-state index contributed by atoms with van der Waals surface area (Å²) < 4.78 is 5.98. The first-order valence-electron chi connectivity index (χ1n) is 8.53. The Morgan fingerprint density at radius 2 is 1.81 bits per heavy atom. The average Bonchev–Trinajstić information content (AvgIpc) is 2.66. The van der Waals surface area contributed by atoms with Crippen molar-refractivity contribution in [2.75, 3.05) is 6.61 Å². The van der Waals surface area contributed by atoms with Gasteiger partial charge >= 0.3 is 5.97 Å². The average molecular weight is 416 g/mol. The zero-order chi connectivity index (χ0) is 18.8. The molecule has 0 aliphatic rings. The fraction of sp³-hybridized carbons (Fsp3) is 0.238. The van der Waals surface area contributed by atoms with Crippen LogP contribution in [-0.2, 0) is 14.3 Å². The third-order valence-corrected chi connectivity index (χ3v) is 4.27. The minimum atomic E-state index is -0.546. The molecule has 1 N–H and O–H groups in total. The summed E-state index contributed by atoms with van der Waals surface area (Å²) in [5.41, 5.74) is 1.92. The van der Waals surface area contributed by atoms with Crippen molar-refractivity contribution in [3.8, 4) is 0 Å². The highest BCUT2D eigenvalue weighted by molar-refractivity contribution is 9.10. The molecular formula is C21H22BrNO3. The molecule has 0 aromatic heterocycles. The number of hydrogen-bond donors (Lipinski definition) is 1. The Morgan fingerprint density at radius 1 is 1.12 bits per heavy atom. The van der Waals surface area contributed by atoms with Gasteiger partial charge in [0.1, 0.15) is 0 Å². The number of amides is 1. The third kappa shape index (κ3) is 6.84. The van der Waals surface area contributed by atoms with Crippen molar-refractivity contribution >= 4 is 33.9 Å². The van der Waals surface area contributed by atoms with E-state index in [-0.39, 0.29) is 18.6 Å². The lowest BCUT2D eigenvalue weighted by molar-refractivity contribution is -0.144. The monoisotopic (exact) mass is 415 g/mol. The summed E-state index contributed by atoms with van der Waals surface area (Å²) in [6.07, 6.45) is 4.73. The van der Waals surface area contributed by atoms with E-state index in [1.807, 2.05) is 54.6 Å². The van der Waals surface area contributed by atoms with Crippen LogP contribution in [0.3, 0.4) is 0 Å². The van der Waals surface area contributed by atoms with Crippen LogP contribution in [0.4, 0.5) is 0 Å². The normalized spacial score (nSPS) is 11.9. The first-order chi connectivity index (χ1) is 12.6. The smallest absolute Gasteiger partial charge is 0.331 e. The largest absolute Gasteiger partial charge is 0.452 e. The van der Waals surface area contributed by atoms with E-state index >= 15 is 0 Å². The Kier molecular flexibility index (Phi) is 8.09. The lowest BCUT2D eigenvalue weighted by Crippen LogP contribution is -2.32. The molecule has 4 nitrogen and oxygen atoms in total.